The van der Waals surface area contributed by atoms with Crippen molar-refractivity contribution in [1.29, 1.82) is 0 Å². The van der Waals surface area contributed by atoms with E-state index in [0.29, 0.717) is 12.3 Å². The molecule has 0 unspecified atom stereocenters. The standard InChI is InChI=1S/C15H20ClNO2S/c1-2-12(18)14-10-11-13(20-14)6-5-9-17(15(11)19)8-4-3-7-16/h10H,2-9H2,1H3. The Morgan fingerprint density at radius 3 is 2.95 bits per heavy atom. The molecule has 0 saturated heterocycles. The Hall–Kier alpha value is -0.870. The topological polar surface area (TPSA) is 37.4 Å². The minimum atomic E-state index is 0.0819. The lowest BCUT2D eigenvalue weighted by molar-refractivity contribution is 0.0759. The molecule has 5 heteroatoms. The molecule has 20 heavy (non-hydrogen) atoms. The highest BCUT2D eigenvalue weighted by Gasteiger charge is 2.25. The van der Waals surface area contributed by atoms with E-state index in [1.165, 1.54) is 11.3 Å². The molecule has 2 heterocycles. The van der Waals surface area contributed by atoms with E-state index < -0.39 is 0 Å². The number of fused-ring (bicyclic) bond motifs is 1. The largest absolute Gasteiger partial charge is 0.339 e. The number of thiophene rings is 1. The fourth-order valence-corrected chi connectivity index (χ4v) is 3.81. The molecular formula is C15H20ClNO2S. The molecule has 1 aliphatic heterocycles. The van der Waals surface area contributed by atoms with Gasteiger partial charge in [-0.2, -0.15) is 0 Å². The van der Waals surface area contributed by atoms with Crippen LogP contribution in [-0.2, 0) is 6.42 Å². The number of hydrogen-bond acceptors (Lipinski definition) is 3. The van der Waals surface area contributed by atoms with Gasteiger partial charge in [-0.05, 0) is 31.7 Å². The van der Waals surface area contributed by atoms with E-state index in [9.17, 15) is 9.59 Å². The van der Waals surface area contributed by atoms with E-state index in [-0.39, 0.29) is 11.7 Å². The summed E-state index contributed by atoms with van der Waals surface area (Å²) < 4.78 is 0. The second-order valence-corrected chi connectivity index (χ2v) is 6.53. The van der Waals surface area contributed by atoms with Gasteiger partial charge >= 0.3 is 0 Å². The number of aryl methyl sites for hydroxylation is 1. The molecule has 0 saturated carbocycles. The first-order valence-electron chi connectivity index (χ1n) is 7.18. The number of ketones is 1. The van der Waals surface area contributed by atoms with Crippen LogP contribution < -0.4 is 0 Å². The molecule has 0 aromatic carbocycles. The van der Waals surface area contributed by atoms with Crippen molar-refractivity contribution in [2.24, 2.45) is 0 Å². The zero-order valence-corrected chi connectivity index (χ0v) is 13.4. The van der Waals surface area contributed by atoms with Crippen LogP contribution in [0.4, 0.5) is 0 Å². The average Bonchev–Trinajstić information content (AvgIpc) is 2.82. The van der Waals surface area contributed by atoms with Crippen molar-refractivity contribution in [3.8, 4) is 0 Å². The molecule has 1 aromatic heterocycles. The fourth-order valence-electron chi connectivity index (χ4n) is 2.42. The van der Waals surface area contributed by atoms with Gasteiger partial charge in [-0.25, -0.2) is 0 Å². The lowest BCUT2D eigenvalue weighted by atomic mass is 10.1. The quantitative estimate of drug-likeness (QED) is 0.456. The Kier molecular flexibility index (Phi) is 5.61. The molecule has 0 bridgehead atoms. The molecule has 0 radical (unpaired) electrons. The number of carbonyl (C=O) groups excluding carboxylic acids is 2. The van der Waals surface area contributed by atoms with Gasteiger partial charge in [0.05, 0.1) is 10.4 Å². The molecule has 3 nitrogen and oxygen atoms in total. The molecule has 110 valence electrons. The van der Waals surface area contributed by atoms with E-state index in [2.05, 4.69) is 0 Å². The van der Waals surface area contributed by atoms with Crippen molar-refractivity contribution in [2.45, 2.75) is 39.0 Å². The molecule has 1 aliphatic rings. The predicted molar refractivity (Wildman–Crippen MR) is 83.1 cm³/mol. The van der Waals surface area contributed by atoms with Crippen LogP contribution in [0.1, 0.15) is 57.5 Å². The number of unbranched alkanes of at least 4 members (excludes halogenated alkanes) is 1. The smallest absolute Gasteiger partial charge is 0.255 e. The van der Waals surface area contributed by atoms with Crippen molar-refractivity contribution in [1.82, 2.24) is 4.90 Å². The first-order valence-corrected chi connectivity index (χ1v) is 8.53. The summed E-state index contributed by atoms with van der Waals surface area (Å²) in [6, 6.07) is 1.80. The second kappa shape index (κ2) is 7.23. The van der Waals surface area contributed by atoms with Gasteiger partial charge in [-0.15, -0.1) is 22.9 Å². The van der Waals surface area contributed by atoms with E-state index in [0.717, 1.165) is 54.1 Å². The minimum Gasteiger partial charge on any atom is -0.339 e. The number of Topliss-reactive ketones (excluding diaryl/α,β-unsaturated/α-hetero) is 1. The molecule has 0 spiro atoms. The van der Waals surface area contributed by atoms with Crippen LogP contribution in [0.5, 0.6) is 0 Å². The predicted octanol–water partition coefficient (Wildman–Crippen LogP) is 3.75. The monoisotopic (exact) mass is 313 g/mol. The zero-order valence-electron chi connectivity index (χ0n) is 11.8. The van der Waals surface area contributed by atoms with Crippen LogP contribution in [0.2, 0.25) is 0 Å². The number of carbonyl (C=O) groups is 2. The Morgan fingerprint density at radius 2 is 2.25 bits per heavy atom. The van der Waals surface area contributed by atoms with E-state index in [1.807, 2.05) is 11.8 Å². The zero-order chi connectivity index (χ0) is 14.5. The van der Waals surface area contributed by atoms with Crippen LogP contribution in [0.3, 0.4) is 0 Å². The highest BCUT2D eigenvalue weighted by atomic mass is 35.5. The van der Waals surface area contributed by atoms with Gasteiger partial charge < -0.3 is 4.90 Å². The van der Waals surface area contributed by atoms with Gasteiger partial charge in [0, 0.05) is 30.3 Å². The van der Waals surface area contributed by atoms with Crippen molar-refractivity contribution in [3.63, 3.8) is 0 Å². The third kappa shape index (κ3) is 3.41. The summed E-state index contributed by atoms with van der Waals surface area (Å²) in [7, 11) is 0. The van der Waals surface area contributed by atoms with Crippen LogP contribution in [0.25, 0.3) is 0 Å². The highest BCUT2D eigenvalue weighted by molar-refractivity contribution is 7.14. The third-order valence-electron chi connectivity index (χ3n) is 3.57. The van der Waals surface area contributed by atoms with Gasteiger partial charge in [0.1, 0.15) is 0 Å². The lowest BCUT2D eigenvalue weighted by Crippen LogP contribution is -2.31. The van der Waals surface area contributed by atoms with Crippen molar-refractivity contribution < 1.29 is 9.59 Å². The van der Waals surface area contributed by atoms with E-state index in [4.69, 9.17) is 11.6 Å². The first kappa shape index (κ1) is 15.5. The van der Waals surface area contributed by atoms with Crippen LogP contribution in [0.15, 0.2) is 6.07 Å². The van der Waals surface area contributed by atoms with E-state index in [1.54, 1.807) is 6.07 Å². The van der Waals surface area contributed by atoms with Gasteiger partial charge in [0.25, 0.3) is 5.91 Å². The van der Waals surface area contributed by atoms with Crippen molar-refractivity contribution in [3.05, 3.63) is 21.4 Å². The Bertz CT molecular complexity index is 498. The maximum absolute atomic E-state index is 12.5. The molecule has 0 atom stereocenters. The lowest BCUT2D eigenvalue weighted by Gasteiger charge is -2.20. The summed E-state index contributed by atoms with van der Waals surface area (Å²) in [4.78, 5) is 28.0. The van der Waals surface area contributed by atoms with E-state index >= 15 is 0 Å². The number of amides is 1. The van der Waals surface area contributed by atoms with Gasteiger partial charge in [0.2, 0.25) is 0 Å². The third-order valence-corrected chi connectivity index (χ3v) is 5.07. The maximum atomic E-state index is 12.5. The fraction of sp³-hybridized carbons (Fsp3) is 0.600. The number of nitrogens with zero attached hydrogens (tertiary/aromatic N) is 1. The molecule has 0 fully saturated rings. The van der Waals surface area contributed by atoms with Crippen LogP contribution in [-0.4, -0.2) is 35.6 Å². The summed E-state index contributed by atoms with van der Waals surface area (Å²) in [5.41, 5.74) is 0.746. The van der Waals surface area contributed by atoms with Crippen LogP contribution >= 0.6 is 22.9 Å². The summed E-state index contributed by atoms with van der Waals surface area (Å²) in [5, 5.41) is 0. The van der Waals surface area contributed by atoms with Crippen molar-refractivity contribution >= 4 is 34.6 Å². The number of alkyl halides is 1. The number of rotatable bonds is 6. The number of halogens is 1. The molecule has 2 rings (SSSR count). The highest BCUT2D eigenvalue weighted by Crippen LogP contribution is 2.28. The molecule has 1 amide bonds. The minimum absolute atomic E-state index is 0.0819. The normalized spacial score (nSPS) is 15.1. The maximum Gasteiger partial charge on any atom is 0.255 e. The molecular weight excluding hydrogens is 294 g/mol. The van der Waals surface area contributed by atoms with Crippen molar-refractivity contribution in [2.75, 3.05) is 19.0 Å². The Labute approximate surface area is 128 Å². The molecule has 1 aromatic rings. The summed E-state index contributed by atoms with van der Waals surface area (Å²) >= 11 is 7.18. The Balaban J connectivity index is 2.15. The summed E-state index contributed by atoms with van der Waals surface area (Å²) in [6.45, 7) is 3.42. The SMILES string of the molecule is CCC(=O)c1cc2c(s1)CCCN(CCCCCl)C2=O. The van der Waals surface area contributed by atoms with Gasteiger partial charge in [-0.3, -0.25) is 9.59 Å². The average molecular weight is 314 g/mol. The second-order valence-electron chi connectivity index (χ2n) is 5.02. The van der Waals surface area contributed by atoms with Gasteiger partial charge in [-0.1, -0.05) is 6.92 Å². The summed E-state index contributed by atoms with van der Waals surface area (Å²) in [6.07, 6.45) is 4.23. The number of hydrogen-bond donors (Lipinski definition) is 0. The van der Waals surface area contributed by atoms with Crippen LogP contribution in [0, 0.1) is 0 Å². The molecule has 0 N–H and O–H groups in total. The Morgan fingerprint density at radius 1 is 1.45 bits per heavy atom. The first-order chi connectivity index (χ1) is 9.67. The van der Waals surface area contributed by atoms with Gasteiger partial charge in [0.15, 0.2) is 5.78 Å². The molecule has 0 aliphatic carbocycles. The summed E-state index contributed by atoms with van der Waals surface area (Å²) in [5.74, 6) is 0.851.